The molecule has 1 amide bonds. The SMILES string of the molecule is CC(C)c1ccc(/C=N\NC(=O)Cn2cnc3sc4c(c3c2=O)CCCC4)cc1. The molecule has 0 saturated carbocycles. The summed E-state index contributed by atoms with van der Waals surface area (Å²) in [6.07, 6.45) is 7.25. The summed E-state index contributed by atoms with van der Waals surface area (Å²) >= 11 is 1.61. The second kappa shape index (κ2) is 8.29. The largest absolute Gasteiger partial charge is 0.289 e. The molecule has 0 spiro atoms. The van der Waals surface area contributed by atoms with Gasteiger partial charge < -0.3 is 0 Å². The molecular weight excluding hydrogens is 384 g/mol. The van der Waals surface area contributed by atoms with Gasteiger partial charge in [-0.05, 0) is 48.3 Å². The normalized spacial score (nSPS) is 13.9. The number of nitrogens with zero attached hydrogens (tertiary/aromatic N) is 3. The standard InChI is InChI=1S/C22H24N4O2S/c1-14(2)16-9-7-15(8-10-16)11-24-25-19(27)12-26-13-23-21-20(22(26)28)17-5-3-4-6-18(17)29-21/h7-11,13-14H,3-6,12H2,1-2H3,(H,25,27)/b24-11-. The minimum atomic E-state index is -0.354. The fourth-order valence-corrected chi connectivity index (χ4v) is 4.85. The Balaban J connectivity index is 1.45. The molecule has 0 bridgehead atoms. The highest BCUT2D eigenvalue weighted by Gasteiger charge is 2.20. The van der Waals surface area contributed by atoms with E-state index < -0.39 is 0 Å². The lowest BCUT2D eigenvalue weighted by Gasteiger charge is -2.10. The van der Waals surface area contributed by atoms with Crippen LogP contribution in [0, 0.1) is 0 Å². The molecular formula is C22H24N4O2S. The van der Waals surface area contributed by atoms with E-state index in [1.54, 1.807) is 17.6 Å². The van der Waals surface area contributed by atoms with Crippen molar-refractivity contribution in [3.05, 3.63) is 62.5 Å². The third kappa shape index (κ3) is 4.15. The minimum Gasteiger partial charge on any atom is -0.289 e. The third-order valence-corrected chi connectivity index (χ3v) is 6.46. The summed E-state index contributed by atoms with van der Waals surface area (Å²) in [5.74, 6) is 0.117. The molecule has 1 aliphatic carbocycles. The van der Waals surface area contributed by atoms with Crippen molar-refractivity contribution in [1.82, 2.24) is 15.0 Å². The Labute approximate surface area is 173 Å². The summed E-state index contributed by atoms with van der Waals surface area (Å²) < 4.78 is 1.37. The van der Waals surface area contributed by atoms with E-state index in [9.17, 15) is 9.59 Å². The molecule has 1 N–H and O–H groups in total. The van der Waals surface area contributed by atoms with E-state index in [0.717, 1.165) is 41.6 Å². The Kier molecular flexibility index (Phi) is 5.58. The predicted octanol–water partition coefficient (Wildman–Crippen LogP) is 3.61. The van der Waals surface area contributed by atoms with Crippen molar-refractivity contribution in [3.8, 4) is 0 Å². The number of nitrogens with one attached hydrogen (secondary N) is 1. The Morgan fingerprint density at radius 1 is 1.28 bits per heavy atom. The van der Waals surface area contributed by atoms with E-state index in [1.165, 1.54) is 21.3 Å². The molecule has 0 aliphatic heterocycles. The molecule has 1 aromatic carbocycles. The van der Waals surface area contributed by atoms with Crippen LogP contribution in [0.3, 0.4) is 0 Å². The van der Waals surface area contributed by atoms with E-state index >= 15 is 0 Å². The number of aromatic nitrogens is 2. The molecule has 1 aliphatic rings. The molecule has 0 fully saturated rings. The van der Waals surface area contributed by atoms with Gasteiger partial charge in [0.1, 0.15) is 11.4 Å². The number of rotatable bonds is 5. The lowest BCUT2D eigenvalue weighted by Crippen LogP contribution is -2.30. The maximum atomic E-state index is 12.9. The molecule has 7 heteroatoms. The zero-order chi connectivity index (χ0) is 20.4. The molecule has 150 valence electrons. The molecule has 6 nitrogen and oxygen atoms in total. The van der Waals surface area contributed by atoms with Gasteiger partial charge in [0.15, 0.2) is 0 Å². The Morgan fingerprint density at radius 2 is 2.03 bits per heavy atom. The number of carbonyl (C=O) groups is 1. The topological polar surface area (TPSA) is 76.3 Å². The number of hydrogen-bond acceptors (Lipinski definition) is 5. The van der Waals surface area contributed by atoms with Crippen LogP contribution in [0.5, 0.6) is 0 Å². The zero-order valence-electron chi connectivity index (χ0n) is 16.6. The van der Waals surface area contributed by atoms with Gasteiger partial charge in [-0.25, -0.2) is 10.4 Å². The zero-order valence-corrected chi connectivity index (χ0v) is 17.5. The van der Waals surface area contributed by atoms with Crippen LogP contribution in [0.15, 0.2) is 40.5 Å². The van der Waals surface area contributed by atoms with Crippen LogP contribution < -0.4 is 11.0 Å². The van der Waals surface area contributed by atoms with Crippen molar-refractivity contribution in [2.24, 2.45) is 5.10 Å². The Bertz CT molecular complexity index is 1130. The summed E-state index contributed by atoms with van der Waals surface area (Å²) in [6.45, 7) is 4.18. The number of carbonyl (C=O) groups excluding carboxylic acids is 1. The Hall–Kier alpha value is -2.80. The number of fused-ring (bicyclic) bond motifs is 3. The first-order chi connectivity index (χ1) is 14.0. The second-order valence-electron chi connectivity index (χ2n) is 7.68. The van der Waals surface area contributed by atoms with Crippen molar-refractivity contribution in [3.63, 3.8) is 0 Å². The quantitative estimate of drug-likeness (QED) is 0.518. The highest BCUT2D eigenvalue weighted by atomic mass is 32.1. The lowest BCUT2D eigenvalue weighted by molar-refractivity contribution is -0.121. The maximum Gasteiger partial charge on any atom is 0.262 e. The maximum absolute atomic E-state index is 12.9. The van der Waals surface area contributed by atoms with Gasteiger partial charge in [-0.2, -0.15) is 5.10 Å². The van der Waals surface area contributed by atoms with E-state index in [1.807, 2.05) is 12.1 Å². The lowest BCUT2D eigenvalue weighted by atomic mass is 9.97. The van der Waals surface area contributed by atoms with Gasteiger partial charge in [-0.15, -0.1) is 11.3 Å². The molecule has 2 aromatic heterocycles. The highest BCUT2D eigenvalue weighted by Crippen LogP contribution is 2.33. The van der Waals surface area contributed by atoms with E-state index in [4.69, 9.17) is 0 Å². The van der Waals surface area contributed by atoms with Crippen LogP contribution >= 0.6 is 11.3 Å². The molecule has 0 unspecified atom stereocenters. The van der Waals surface area contributed by atoms with Gasteiger partial charge in [-0.3, -0.25) is 14.2 Å². The molecule has 0 atom stereocenters. The summed E-state index contributed by atoms with van der Waals surface area (Å²) in [7, 11) is 0. The summed E-state index contributed by atoms with van der Waals surface area (Å²) in [6, 6.07) is 8.03. The smallest absolute Gasteiger partial charge is 0.262 e. The number of hydrogen-bond donors (Lipinski definition) is 1. The molecule has 3 aromatic rings. The van der Waals surface area contributed by atoms with E-state index in [2.05, 4.69) is 41.5 Å². The van der Waals surface area contributed by atoms with Crippen LogP contribution in [0.25, 0.3) is 10.2 Å². The number of thiophene rings is 1. The van der Waals surface area contributed by atoms with Crippen LogP contribution in [-0.2, 0) is 24.2 Å². The van der Waals surface area contributed by atoms with Gasteiger partial charge in [0, 0.05) is 4.88 Å². The monoisotopic (exact) mass is 408 g/mol. The van der Waals surface area contributed by atoms with Crippen LogP contribution in [0.1, 0.15) is 54.2 Å². The average molecular weight is 409 g/mol. The van der Waals surface area contributed by atoms with Gasteiger partial charge in [0.2, 0.25) is 0 Å². The van der Waals surface area contributed by atoms with Crippen LogP contribution in [0.4, 0.5) is 0 Å². The van der Waals surface area contributed by atoms with Crippen molar-refractivity contribution < 1.29 is 4.79 Å². The Morgan fingerprint density at radius 3 is 2.79 bits per heavy atom. The molecule has 4 rings (SSSR count). The average Bonchev–Trinajstić information content (AvgIpc) is 3.10. The first kappa shape index (κ1) is 19.5. The van der Waals surface area contributed by atoms with Crippen molar-refractivity contribution >= 4 is 33.7 Å². The van der Waals surface area contributed by atoms with Crippen molar-refractivity contribution in [2.75, 3.05) is 0 Å². The molecule has 0 radical (unpaired) electrons. The second-order valence-corrected chi connectivity index (χ2v) is 8.77. The van der Waals surface area contributed by atoms with E-state index in [-0.39, 0.29) is 18.0 Å². The molecule has 29 heavy (non-hydrogen) atoms. The van der Waals surface area contributed by atoms with Gasteiger partial charge in [0.25, 0.3) is 11.5 Å². The number of hydrazone groups is 1. The van der Waals surface area contributed by atoms with Gasteiger partial charge >= 0.3 is 0 Å². The highest BCUT2D eigenvalue weighted by molar-refractivity contribution is 7.18. The molecule has 2 heterocycles. The fourth-order valence-electron chi connectivity index (χ4n) is 3.63. The number of aryl methyl sites for hydroxylation is 2. The number of amides is 1. The summed E-state index contributed by atoms with van der Waals surface area (Å²) in [5.41, 5.74) is 5.64. The fraction of sp³-hybridized carbons (Fsp3) is 0.364. The summed E-state index contributed by atoms with van der Waals surface area (Å²) in [4.78, 5) is 31.6. The first-order valence-corrected chi connectivity index (χ1v) is 10.8. The van der Waals surface area contributed by atoms with Crippen molar-refractivity contribution in [1.29, 1.82) is 0 Å². The first-order valence-electron chi connectivity index (χ1n) is 9.94. The predicted molar refractivity (Wildman–Crippen MR) is 117 cm³/mol. The van der Waals surface area contributed by atoms with E-state index in [0.29, 0.717) is 11.3 Å². The number of benzene rings is 1. The minimum absolute atomic E-state index is 0.101. The van der Waals surface area contributed by atoms with Crippen molar-refractivity contribution in [2.45, 2.75) is 52.0 Å². The van der Waals surface area contributed by atoms with Crippen LogP contribution in [0.2, 0.25) is 0 Å². The van der Waals surface area contributed by atoms with Crippen LogP contribution in [-0.4, -0.2) is 21.7 Å². The molecule has 0 saturated heterocycles. The summed E-state index contributed by atoms with van der Waals surface area (Å²) in [5, 5.41) is 4.69. The van der Waals surface area contributed by atoms with Gasteiger partial charge in [-0.1, -0.05) is 38.1 Å². The van der Waals surface area contributed by atoms with Gasteiger partial charge in [0.05, 0.1) is 17.9 Å². The third-order valence-electron chi connectivity index (χ3n) is 5.26.